The fourth-order valence-corrected chi connectivity index (χ4v) is 6.36. The summed E-state index contributed by atoms with van der Waals surface area (Å²) in [5.41, 5.74) is 0.394. The Morgan fingerprint density at radius 2 is 1.54 bits per heavy atom. The lowest BCUT2D eigenvalue weighted by molar-refractivity contribution is 0.0115. The molecule has 0 aromatic rings. The molecular weight excluding hydrogens is 203 g/mol. The molecule has 3 unspecified atom stereocenters. The van der Waals surface area contributed by atoms with E-state index in [0.717, 1.165) is 17.8 Å². The second-order valence-electron chi connectivity index (χ2n) is 5.86. The Morgan fingerprint density at radius 1 is 0.923 bits per heavy atom. The van der Waals surface area contributed by atoms with E-state index in [1.807, 2.05) is 0 Å². The molecule has 2 heteroatoms. The first-order chi connectivity index (χ1) is 6.13. The van der Waals surface area contributed by atoms with E-state index in [1.165, 1.54) is 32.1 Å². The van der Waals surface area contributed by atoms with E-state index in [9.17, 15) is 0 Å². The minimum absolute atomic E-state index is 0.318. The van der Waals surface area contributed by atoms with Crippen molar-refractivity contribution in [1.82, 2.24) is 0 Å². The van der Waals surface area contributed by atoms with Gasteiger partial charge in [0, 0.05) is 11.3 Å². The maximum absolute atomic E-state index is 6.46. The lowest BCUT2D eigenvalue weighted by Gasteiger charge is -2.48. The van der Waals surface area contributed by atoms with Gasteiger partial charge in [-0.05, 0) is 49.9 Å². The van der Waals surface area contributed by atoms with Crippen molar-refractivity contribution in [3.05, 3.63) is 0 Å². The molecule has 0 radical (unpaired) electrons. The van der Waals surface area contributed by atoms with Crippen LogP contribution in [0.4, 0.5) is 0 Å². The molecule has 0 nitrogen and oxygen atoms in total. The first-order valence-corrected chi connectivity index (χ1v) is 6.27. The molecule has 1 spiro atoms. The number of halogens is 2. The molecule has 0 N–H and O–H groups in total. The number of hydrogen-bond acceptors (Lipinski definition) is 0. The third-order valence-corrected chi connectivity index (χ3v) is 6.51. The van der Waals surface area contributed by atoms with Gasteiger partial charge >= 0.3 is 0 Å². The third kappa shape index (κ3) is 0.678. The maximum atomic E-state index is 6.46. The zero-order valence-electron chi connectivity index (χ0n) is 7.60. The Bertz CT molecular complexity index is 270. The van der Waals surface area contributed by atoms with E-state index < -0.39 is 0 Å². The predicted octanol–water partition coefficient (Wildman–Crippen LogP) is 3.62. The van der Waals surface area contributed by atoms with Crippen LogP contribution in [0.1, 0.15) is 32.1 Å². The van der Waals surface area contributed by atoms with E-state index in [1.54, 1.807) is 0 Å². The lowest BCUT2D eigenvalue weighted by Crippen LogP contribution is -2.39. The fraction of sp³-hybridized carbons (Fsp3) is 1.00. The molecule has 4 bridgehead atoms. The highest BCUT2D eigenvalue weighted by Crippen LogP contribution is 2.84. The van der Waals surface area contributed by atoms with Crippen molar-refractivity contribution in [1.29, 1.82) is 0 Å². The highest BCUT2D eigenvalue weighted by atomic mass is 35.5. The fourth-order valence-electron chi connectivity index (χ4n) is 5.15. The van der Waals surface area contributed by atoms with Crippen molar-refractivity contribution >= 4 is 23.2 Å². The Morgan fingerprint density at radius 3 is 2.08 bits per heavy atom. The molecule has 5 fully saturated rings. The van der Waals surface area contributed by atoms with Gasteiger partial charge in [0.15, 0.2) is 0 Å². The normalized spacial score (nSPS) is 65.1. The van der Waals surface area contributed by atoms with Crippen molar-refractivity contribution in [3.8, 4) is 0 Å². The average Bonchev–Trinajstić information content (AvgIpc) is 2.45. The van der Waals surface area contributed by atoms with E-state index in [2.05, 4.69) is 0 Å². The van der Waals surface area contributed by atoms with Crippen LogP contribution in [-0.2, 0) is 0 Å². The van der Waals surface area contributed by atoms with Crippen LogP contribution in [0.25, 0.3) is 0 Å². The molecule has 0 aromatic carbocycles. The summed E-state index contributed by atoms with van der Waals surface area (Å²) >= 11 is 12.9. The summed E-state index contributed by atoms with van der Waals surface area (Å²) in [4.78, 5) is 0. The summed E-state index contributed by atoms with van der Waals surface area (Å²) < 4.78 is -0.318. The van der Waals surface area contributed by atoms with Crippen LogP contribution < -0.4 is 0 Å². The van der Waals surface area contributed by atoms with Gasteiger partial charge in [0.2, 0.25) is 0 Å². The molecule has 0 aliphatic heterocycles. The molecule has 13 heavy (non-hydrogen) atoms. The molecule has 0 heterocycles. The van der Waals surface area contributed by atoms with Crippen LogP contribution >= 0.6 is 23.2 Å². The van der Waals surface area contributed by atoms with E-state index in [4.69, 9.17) is 23.2 Å². The molecule has 0 saturated heterocycles. The highest BCUT2D eigenvalue weighted by Gasteiger charge is 2.81. The highest BCUT2D eigenvalue weighted by molar-refractivity contribution is 6.52. The van der Waals surface area contributed by atoms with Crippen molar-refractivity contribution in [3.63, 3.8) is 0 Å². The maximum Gasteiger partial charge on any atom is 0.128 e. The summed E-state index contributed by atoms with van der Waals surface area (Å²) in [6.45, 7) is 0. The second-order valence-corrected chi connectivity index (χ2v) is 7.25. The van der Waals surface area contributed by atoms with Crippen LogP contribution in [-0.4, -0.2) is 4.33 Å². The zero-order valence-corrected chi connectivity index (χ0v) is 9.11. The Balaban J connectivity index is 1.84. The van der Waals surface area contributed by atoms with Crippen molar-refractivity contribution in [2.75, 3.05) is 0 Å². The molecular formula is C11H14Cl2. The summed E-state index contributed by atoms with van der Waals surface area (Å²) in [5, 5.41) is 0. The largest absolute Gasteiger partial charge is 0.128 e. The Labute approximate surface area is 89.0 Å². The molecule has 5 atom stereocenters. The minimum Gasteiger partial charge on any atom is -0.101 e. The molecule has 5 aliphatic rings. The smallest absolute Gasteiger partial charge is 0.101 e. The van der Waals surface area contributed by atoms with Crippen LogP contribution in [0.3, 0.4) is 0 Å². The predicted molar refractivity (Wildman–Crippen MR) is 53.9 cm³/mol. The summed E-state index contributed by atoms with van der Waals surface area (Å²) in [6.07, 6.45) is 7.04. The first kappa shape index (κ1) is 7.82. The van der Waals surface area contributed by atoms with Gasteiger partial charge in [0.1, 0.15) is 4.33 Å². The Kier molecular flexibility index (Phi) is 1.16. The van der Waals surface area contributed by atoms with Gasteiger partial charge in [0.25, 0.3) is 0 Å². The van der Waals surface area contributed by atoms with Gasteiger partial charge in [0.05, 0.1) is 0 Å². The van der Waals surface area contributed by atoms with Gasteiger partial charge in [-0.2, -0.15) is 0 Å². The minimum atomic E-state index is -0.318. The SMILES string of the molecule is ClC1(Cl)C2C3C[C@@H]4C[C@H](C3)CC21C4. The van der Waals surface area contributed by atoms with Crippen LogP contribution in [0.15, 0.2) is 0 Å². The van der Waals surface area contributed by atoms with Crippen molar-refractivity contribution in [2.45, 2.75) is 36.4 Å². The van der Waals surface area contributed by atoms with Crippen LogP contribution in [0.5, 0.6) is 0 Å². The summed E-state index contributed by atoms with van der Waals surface area (Å²) in [7, 11) is 0. The first-order valence-electron chi connectivity index (χ1n) is 5.51. The lowest BCUT2D eigenvalue weighted by atomic mass is 9.56. The van der Waals surface area contributed by atoms with Crippen LogP contribution in [0.2, 0.25) is 0 Å². The van der Waals surface area contributed by atoms with Crippen molar-refractivity contribution in [2.24, 2.45) is 29.1 Å². The van der Waals surface area contributed by atoms with Gasteiger partial charge in [-0.3, -0.25) is 0 Å². The van der Waals surface area contributed by atoms with E-state index in [-0.39, 0.29) is 4.33 Å². The molecule has 5 rings (SSSR count). The third-order valence-electron chi connectivity index (χ3n) is 5.28. The molecule has 72 valence electrons. The molecule has 0 aromatic heterocycles. The second kappa shape index (κ2) is 1.93. The molecule has 0 amide bonds. The summed E-state index contributed by atoms with van der Waals surface area (Å²) in [6, 6.07) is 0. The molecule has 5 saturated carbocycles. The van der Waals surface area contributed by atoms with Crippen LogP contribution in [0, 0.1) is 29.1 Å². The topological polar surface area (TPSA) is 0 Å². The van der Waals surface area contributed by atoms with E-state index >= 15 is 0 Å². The van der Waals surface area contributed by atoms with Gasteiger partial charge < -0.3 is 0 Å². The van der Waals surface area contributed by atoms with E-state index in [0.29, 0.717) is 11.3 Å². The number of alkyl halides is 2. The number of rotatable bonds is 0. The van der Waals surface area contributed by atoms with Crippen molar-refractivity contribution < 1.29 is 0 Å². The monoisotopic (exact) mass is 216 g/mol. The quantitative estimate of drug-likeness (QED) is 0.543. The average molecular weight is 217 g/mol. The van der Waals surface area contributed by atoms with Gasteiger partial charge in [-0.25, -0.2) is 0 Å². The van der Waals surface area contributed by atoms with Gasteiger partial charge in [-0.1, -0.05) is 0 Å². The number of hydrogen-bond donors (Lipinski definition) is 0. The summed E-state index contributed by atoms with van der Waals surface area (Å²) in [5.74, 6) is 3.53. The zero-order chi connectivity index (χ0) is 8.84. The standard InChI is InChI=1S/C11H14Cl2/c12-11(13)9-8-2-6-1-7(3-8)5-10(9,11)4-6/h6-9H,1-5H2/t6-,7+,8?,9?,10?. The van der Waals surface area contributed by atoms with Gasteiger partial charge in [-0.15, -0.1) is 23.2 Å². The Hall–Kier alpha value is 0.580. The molecule has 5 aliphatic carbocycles.